The topological polar surface area (TPSA) is 93.3 Å². The molecule has 21 heavy (non-hydrogen) atoms. The summed E-state index contributed by atoms with van der Waals surface area (Å²) in [7, 11) is 3.42. The number of hydrogen-bond acceptors (Lipinski definition) is 5. The van der Waals surface area contributed by atoms with Crippen LogP contribution < -0.4 is 5.32 Å². The van der Waals surface area contributed by atoms with Crippen molar-refractivity contribution in [3.8, 4) is 0 Å². The van der Waals surface area contributed by atoms with Crippen molar-refractivity contribution in [2.75, 3.05) is 20.1 Å². The van der Waals surface area contributed by atoms with E-state index in [2.05, 4.69) is 10.4 Å². The van der Waals surface area contributed by atoms with Gasteiger partial charge in [-0.2, -0.15) is 5.10 Å². The van der Waals surface area contributed by atoms with Gasteiger partial charge in [0.2, 0.25) is 5.69 Å². The fourth-order valence-electron chi connectivity index (χ4n) is 2.65. The fraction of sp³-hybridized carbons (Fsp3) is 0.667. The van der Waals surface area contributed by atoms with Crippen molar-refractivity contribution in [2.24, 2.45) is 7.05 Å². The molecular formula is C12H20ClN5O3. The van der Waals surface area contributed by atoms with E-state index in [1.165, 1.54) is 4.68 Å². The Labute approximate surface area is 129 Å². The first-order valence-corrected chi connectivity index (χ1v) is 6.60. The number of carbonyl (C=O) groups is 1. The highest BCUT2D eigenvalue weighted by Crippen LogP contribution is 2.24. The number of piperidine rings is 1. The highest BCUT2D eigenvalue weighted by atomic mass is 35.5. The Bertz CT molecular complexity index is 545. The summed E-state index contributed by atoms with van der Waals surface area (Å²) < 4.78 is 1.30. The largest absolute Gasteiger partial charge is 0.336 e. The molecule has 1 aliphatic rings. The second kappa shape index (κ2) is 6.86. The van der Waals surface area contributed by atoms with Crippen LogP contribution in [-0.2, 0) is 7.05 Å². The molecule has 0 aromatic carbocycles. The number of hydrogen-bond donors (Lipinski definition) is 1. The van der Waals surface area contributed by atoms with E-state index in [4.69, 9.17) is 0 Å². The molecule has 9 heteroatoms. The Morgan fingerprint density at radius 3 is 2.76 bits per heavy atom. The van der Waals surface area contributed by atoms with Crippen molar-refractivity contribution in [1.29, 1.82) is 0 Å². The lowest BCUT2D eigenvalue weighted by molar-refractivity contribution is -0.385. The molecule has 1 atom stereocenters. The van der Waals surface area contributed by atoms with Gasteiger partial charge in [0.05, 0.1) is 4.92 Å². The highest BCUT2D eigenvalue weighted by molar-refractivity contribution is 5.97. The van der Waals surface area contributed by atoms with Gasteiger partial charge >= 0.3 is 5.69 Å². The van der Waals surface area contributed by atoms with Crippen molar-refractivity contribution in [3.63, 3.8) is 0 Å². The third-order valence-corrected chi connectivity index (χ3v) is 3.69. The zero-order valence-corrected chi connectivity index (χ0v) is 13.1. The minimum Gasteiger partial charge on any atom is -0.336 e. The van der Waals surface area contributed by atoms with E-state index in [0.29, 0.717) is 13.1 Å². The van der Waals surface area contributed by atoms with E-state index >= 15 is 0 Å². The summed E-state index contributed by atoms with van der Waals surface area (Å²) in [5.74, 6) is -0.320. The second-order valence-corrected chi connectivity index (χ2v) is 5.04. The average molecular weight is 318 g/mol. The van der Waals surface area contributed by atoms with Crippen molar-refractivity contribution < 1.29 is 9.72 Å². The van der Waals surface area contributed by atoms with Crippen LogP contribution in [0.1, 0.15) is 29.0 Å². The van der Waals surface area contributed by atoms with Crippen LogP contribution in [0.3, 0.4) is 0 Å². The normalized spacial score (nSPS) is 18.2. The van der Waals surface area contributed by atoms with Gasteiger partial charge in [-0.25, -0.2) is 0 Å². The van der Waals surface area contributed by atoms with Gasteiger partial charge in [-0.1, -0.05) is 0 Å². The Morgan fingerprint density at radius 1 is 1.52 bits per heavy atom. The molecule has 0 saturated carbocycles. The maximum absolute atomic E-state index is 12.6. The minimum absolute atomic E-state index is 0. The van der Waals surface area contributed by atoms with Gasteiger partial charge in [0, 0.05) is 26.2 Å². The van der Waals surface area contributed by atoms with E-state index in [0.717, 1.165) is 12.8 Å². The van der Waals surface area contributed by atoms with Gasteiger partial charge in [-0.15, -0.1) is 12.4 Å². The number of nitro groups is 1. The maximum atomic E-state index is 12.6. The molecule has 2 heterocycles. The molecule has 1 fully saturated rings. The molecular weight excluding hydrogens is 298 g/mol. The molecule has 1 saturated heterocycles. The predicted molar refractivity (Wildman–Crippen MR) is 79.8 cm³/mol. The molecule has 2 rings (SSSR count). The third kappa shape index (κ3) is 3.33. The van der Waals surface area contributed by atoms with Crippen LogP contribution >= 0.6 is 12.4 Å². The Kier molecular flexibility index (Phi) is 5.68. The van der Waals surface area contributed by atoms with Crippen LogP contribution in [-0.4, -0.2) is 51.7 Å². The van der Waals surface area contributed by atoms with Crippen molar-refractivity contribution in [2.45, 2.75) is 25.8 Å². The van der Waals surface area contributed by atoms with Crippen molar-refractivity contribution in [3.05, 3.63) is 21.5 Å². The number of nitrogens with one attached hydrogen (secondary N) is 1. The van der Waals surface area contributed by atoms with Gasteiger partial charge in [-0.05, 0) is 26.8 Å². The summed E-state index contributed by atoms with van der Waals surface area (Å²) >= 11 is 0. The fourth-order valence-corrected chi connectivity index (χ4v) is 2.65. The van der Waals surface area contributed by atoms with Crippen molar-refractivity contribution >= 4 is 24.0 Å². The number of likely N-dealkylation sites (N-methyl/N-ethyl adjacent to an activating group) is 1. The number of halogens is 1. The third-order valence-electron chi connectivity index (χ3n) is 3.69. The summed E-state index contributed by atoms with van der Waals surface area (Å²) in [4.78, 5) is 24.8. The zero-order chi connectivity index (χ0) is 14.9. The Hall–Kier alpha value is -1.67. The van der Waals surface area contributed by atoms with E-state index in [1.54, 1.807) is 18.9 Å². The molecule has 1 unspecified atom stereocenters. The van der Waals surface area contributed by atoms with Gasteiger partial charge < -0.3 is 10.2 Å². The van der Waals surface area contributed by atoms with Gasteiger partial charge in [0.15, 0.2) is 0 Å². The minimum atomic E-state index is -0.533. The SMILES string of the molecule is CNC1CCCN(C(=O)c2c([N+](=O)[O-])c(C)nn2C)C1.Cl. The Morgan fingerprint density at radius 2 is 2.19 bits per heavy atom. The molecule has 0 aliphatic carbocycles. The van der Waals surface area contributed by atoms with Crippen molar-refractivity contribution in [1.82, 2.24) is 20.0 Å². The predicted octanol–water partition coefficient (Wildman–Crippen LogP) is 0.883. The molecule has 1 aromatic rings. The van der Waals surface area contributed by atoms with E-state index in [-0.39, 0.29) is 41.4 Å². The molecule has 0 radical (unpaired) electrons. The first kappa shape index (κ1) is 17.4. The molecule has 1 amide bonds. The van der Waals surface area contributed by atoms with Gasteiger partial charge in [-0.3, -0.25) is 19.6 Å². The highest BCUT2D eigenvalue weighted by Gasteiger charge is 2.33. The number of likely N-dealkylation sites (tertiary alicyclic amines) is 1. The first-order valence-electron chi connectivity index (χ1n) is 6.60. The van der Waals surface area contributed by atoms with E-state index < -0.39 is 4.92 Å². The number of amides is 1. The monoisotopic (exact) mass is 317 g/mol. The number of nitrogens with zero attached hydrogens (tertiary/aromatic N) is 4. The summed E-state index contributed by atoms with van der Waals surface area (Å²) in [6, 6.07) is 0.237. The van der Waals surface area contributed by atoms with Crippen LogP contribution in [0.2, 0.25) is 0 Å². The lowest BCUT2D eigenvalue weighted by Crippen LogP contribution is -2.47. The molecule has 0 bridgehead atoms. The van der Waals surface area contributed by atoms with E-state index in [9.17, 15) is 14.9 Å². The van der Waals surface area contributed by atoms with Crippen LogP contribution in [0.25, 0.3) is 0 Å². The summed E-state index contributed by atoms with van der Waals surface area (Å²) in [6.07, 6.45) is 1.90. The molecule has 1 aromatic heterocycles. The smallest absolute Gasteiger partial charge is 0.322 e. The zero-order valence-electron chi connectivity index (χ0n) is 12.3. The van der Waals surface area contributed by atoms with Crippen LogP contribution in [0.15, 0.2) is 0 Å². The number of aryl methyl sites for hydroxylation is 2. The molecule has 1 N–H and O–H groups in total. The van der Waals surface area contributed by atoms with Gasteiger partial charge in [0.25, 0.3) is 5.91 Å². The summed E-state index contributed by atoms with van der Waals surface area (Å²) in [5.41, 5.74) is 0.136. The standard InChI is InChI=1S/C12H19N5O3.ClH/c1-8-10(17(19)20)11(15(3)14-8)12(18)16-6-4-5-9(7-16)13-2;/h9,13H,4-7H2,1-3H3;1H. The summed E-state index contributed by atoms with van der Waals surface area (Å²) in [6.45, 7) is 2.73. The lowest BCUT2D eigenvalue weighted by atomic mass is 10.1. The van der Waals surface area contributed by atoms with Crippen LogP contribution in [0.4, 0.5) is 5.69 Å². The van der Waals surface area contributed by atoms with Crippen LogP contribution in [0.5, 0.6) is 0 Å². The second-order valence-electron chi connectivity index (χ2n) is 5.04. The van der Waals surface area contributed by atoms with Crippen LogP contribution in [0, 0.1) is 17.0 Å². The lowest BCUT2D eigenvalue weighted by Gasteiger charge is -2.32. The van der Waals surface area contributed by atoms with Gasteiger partial charge in [0.1, 0.15) is 5.69 Å². The molecule has 1 aliphatic heterocycles. The maximum Gasteiger partial charge on any atom is 0.322 e. The van der Waals surface area contributed by atoms with E-state index in [1.807, 2.05) is 7.05 Å². The summed E-state index contributed by atoms with van der Waals surface area (Å²) in [5, 5.41) is 18.3. The molecule has 0 spiro atoms. The molecule has 8 nitrogen and oxygen atoms in total. The first-order chi connectivity index (χ1) is 9.45. The number of rotatable bonds is 3. The average Bonchev–Trinajstić information content (AvgIpc) is 2.72. The Balaban J connectivity index is 0.00000220. The molecule has 118 valence electrons. The quantitative estimate of drug-likeness (QED) is 0.660. The number of aromatic nitrogens is 2. The number of carbonyl (C=O) groups excluding carboxylic acids is 1.